The molecule has 0 aliphatic rings. The van der Waals surface area contributed by atoms with Crippen molar-refractivity contribution in [3.05, 3.63) is 55.6 Å². The zero-order valence-corrected chi connectivity index (χ0v) is 16.3. The third-order valence-electron chi connectivity index (χ3n) is 2.94. The van der Waals surface area contributed by atoms with Gasteiger partial charge in [0.1, 0.15) is 0 Å². The molecule has 20 heavy (non-hydrogen) atoms. The van der Waals surface area contributed by atoms with E-state index in [1.165, 1.54) is 9.13 Å². The van der Waals surface area contributed by atoms with Crippen molar-refractivity contribution in [3.8, 4) is 11.5 Å². The summed E-state index contributed by atoms with van der Waals surface area (Å²) in [7, 11) is 3.28. The van der Waals surface area contributed by atoms with Gasteiger partial charge in [-0.15, -0.1) is 0 Å². The summed E-state index contributed by atoms with van der Waals surface area (Å²) in [4.78, 5) is 0.0914. The monoisotopic (exact) mass is 510 g/mol. The van der Waals surface area contributed by atoms with Gasteiger partial charge in [0.05, 0.1) is 19.0 Å². The molecule has 0 amide bonds. The Labute approximate surface area is 149 Å². The van der Waals surface area contributed by atoms with E-state index in [0.29, 0.717) is 5.75 Å². The summed E-state index contributed by atoms with van der Waals surface area (Å²) in [6, 6.07) is 12.3. The van der Waals surface area contributed by atoms with Crippen LogP contribution in [0.1, 0.15) is 16.0 Å². The van der Waals surface area contributed by atoms with E-state index >= 15 is 0 Å². The Morgan fingerprint density at radius 1 is 1.00 bits per heavy atom. The van der Waals surface area contributed by atoms with Crippen LogP contribution < -0.4 is 9.47 Å². The number of hydrogen-bond donors (Lipinski definition) is 0. The smallest absolute Gasteiger partial charge is 0.161 e. The minimum atomic E-state index is 0.0914. The van der Waals surface area contributed by atoms with Crippen LogP contribution in [-0.4, -0.2) is 14.2 Å². The Morgan fingerprint density at radius 3 is 2.10 bits per heavy atom. The molecule has 2 aromatic carbocycles. The molecule has 0 spiro atoms. The quantitative estimate of drug-likeness (QED) is 0.395. The van der Waals surface area contributed by atoms with Gasteiger partial charge in [-0.3, -0.25) is 0 Å². The molecule has 0 aliphatic heterocycles. The summed E-state index contributed by atoms with van der Waals surface area (Å²) in [6.45, 7) is 0. The highest BCUT2D eigenvalue weighted by molar-refractivity contribution is 14.1. The maximum atomic E-state index is 5.37. The zero-order chi connectivity index (χ0) is 14.7. The van der Waals surface area contributed by atoms with Crippen molar-refractivity contribution in [1.29, 1.82) is 0 Å². The van der Waals surface area contributed by atoms with E-state index in [4.69, 9.17) is 9.47 Å². The van der Waals surface area contributed by atoms with E-state index in [2.05, 4.69) is 78.7 Å². The number of ether oxygens (including phenoxy) is 2. The lowest BCUT2D eigenvalue weighted by Gasteiger charge is -2.16. The standard InChI is InChI=1S/C15H13Br2IO2/c1-19-13-7-11(12(16)8-14(13)20-2)15(17)9-3-5-10(18)6-4-9/h3-8,15H,1-2H3. The first kappa shape index (κ1) is 16.1. The Hall–Kier alpha value is -0.270. The second kappa shape index (κ2) is 7.13. The van der Waals surface area contributed by atoms with Crippen molar-refractivity contribution in [3.63, 3.8) is 0 Å². The first-order chi connectivity index (χ1) is 9.56. The molecule has 2 aromatic rings. The molecule has 1 atom stereocenters. The number of methoxy groups -OCH3 is 2. The van der Waals surface area contributed by atoms with Crippen molar-refractivity contribution in [2.45, 2.75) is 4.83 Å². The van der Waals surface area contributed by atoms with Gasteiger partial charge >= 0.3 is 0 Å². The number of hydrogen-bond acceptors (Lipinski definition) is 2. The zero-order valence-electron chi connectivity index (χ0n) is 11.0. The summed E-state index contributed by atoms with van der Waals surface area (Å²) in [5, 5.41) is 0. The van der Waals surface area contributed by atoms with Crippen molar-refractivity contribution in [2.24, 2.45) is 0 Å². The van der Waals surface area contributed by atoms with Crippen LogP contribution in [0.5, 0.6) is 11.5 Å². The van der Waals surface area contributed by atoms with Gasteiger partial charge < -0.3 is 9.47 Å². The topological polar surface area (TPSA) is 18.5 Å². The van der Waals surface area contributed by atoms with Crippen LogP contribution in [0, 0.1) is 3.57 Å². The van der Waals surface area contributed by atoms with Gasteiger partial charge in [-0.05, 0) is 58.0 Å². The lowest BCUT2D eigenvalue weighted by molar-refractivity contribution is 0.354. The molecule has 5 heteroatoms. The molecule has 0 N–H and O–H groups in total. The minimum absolute atomic E-state index is 0.0914. The molecular weight excluding hydrogens is 499 g/mol. The van der Waals surface area contributed by atoms with Crippen molar-refractivity contribution >= 4 is 54.5 Å². The number of alkyl halides is 1. The van der Waals surface area contributed by atoms with E-state index in [1.54, 1.807) is 14.2 Å². The third-order valence-corrected chi connectivity index (χ3v) is 5.37. The first-order valence-corrected chi connectivity index (χ1v) is 8.66. The van der Waals surface area contributed by atoms with Crippen LogP contribution in [-0.2, 0) is 0 Å². The minimum Gasteiger partial charge on any atom is -0.493 e. The maximum Gasteiger partial charge on any atom is 0.161 e. The van der Waals surface area contributed by atoms with E-state index in [-0.39, 0.29) is 4.83 Å². The molecule has 0 aromatic heterocycles. The SMILES string of the molecule is COc1cc(Br)c(C(Br)c2ccc(I)cc2)cc1OC. The molecule has 0 radical (unpaired) electrons. The summed E-state index contributed by atoms with van der Waals surface area (Å²) >= 11 is 9.65. The fraction of sp³-hybridized carbons (Fsp3) is 0.200. The van der Waals surface area contributed by atoms with Gasteiger partial charge in [0.25, 0.3) is 0 Å². The Bertz CT molecular complexity index is 600. The molecule has 0 bridgehead atoms. The number of benzene rings is 2. The van der Waals surface area contributed by atoms with Crippen molar-refractivity contribution < 1.29 is 9.47 Å². The highest BCUT2D eigenvalue weighted by Crippen LogP contribution is 2.41. The van der Waals surface area contributed by atoms with E-state index in [0.717, 1.165) is 15.8 Å². The predicted molar refractivity (Wildman–Crippen MR) is 97.2 cm³/mol. The average molecular weight is 512 g/mol. The number of rotatable bonds is 4. The lowest BCUT2D eigenvalue weighted by Crippen LogP contribution is -1.98. The van der Waals surface area contributed by atoms with Gasteiger partial charge in [-0.25, -0.2) is 0 Å². The van der Waals surface area contributed by atoms with Crippen LogP contribution in [0.3, 0.4) is 0 Å². The third kappa shape index (κ3) is 3.49. The molecule has 0 aliphatic carbocycles. The average Bonchev–Trinajstić information content (AvgIpc) is 2.47. The summed E-state index contributed by atoms with van der Waals surface area (Å²) in [5.41, 5.74) is 2.29. The molecule has 2 rings (SSSR count). The van der Waals surface area contributed by atoms with E-state index in [1.807, 2.05) is 12.1 Å². The van der Waals surface area contributed by atoms with Crippen LogP contribution in [0.25, 0.3) is 0 Å². The van der Waals surface area contributed by atoms with Crippen molar-refractivity contribution in [1.82, 2.24) is 0 Å². The van der Waals surface area contributed by atoms with Gasteiger partial charge in [0.15, 0.2) is 11.5 Å². The normalized spacial score (nSPS) is 12.1. The summed E-state index contributed by atoms with van der Waals surface area (Å²) in [6.07, 6.45) is 0. The largest absolute Gasteiger partial charge is 0.493 e. The first-order valence-electron chi connectivity index (χ1n) is 5.87. The van der Waals surface area contributed by atoms with Crippen LogP contribution >= 0.6 is 54.5 Å². The van der Waals surface area contributed by atoms with Gasteiger partial charge in [0, 0.05) is 8.04 Å². The second-order valence-corrected chi connectivity index (χ2v) is 7.16. The second-order valence-electron chi connectivity index (χ2n) is 4.14. The molecule has 0 saturated carbocycles. The highest BCUT2D eigenvalue weighted by atomic mass is 127. The maximum absolute atomic E-state index is 5.37. The summed E-state index contributed by atoms with van der Waals surface area (Å²) in [5.74, 6) is 1.44. The van der Waals surface area contributed by atoms with Gasteiger partial charge in [-0.1, -0.05) is 44.0 Å². The molecule has 0 saturated heterocycles. The fourth-order valence-electron chi connectivity index (χ4n) is 1.88. The summed E-state index contributed by atoms with van der Waals surface area (Å²) < 4.78 is 12.9. The van der Waals surface area contributed by atoms with Gasteiger partial charge in [-0.2, -0.15) is 0 Å². The molecule has 2 nitrogen and oxygen atoms in total. The Balaban J connectivity index is 2.43. The van der Waals surface area contributed by atoms with Crippen LogP contribution in [0.4, 0.5) is 0 Å². The van der Waals surface area contributed by atoms with Crippen LogP contribution in [0.15, 0.2) is 40.9 Å². The molecule has 0 fully saturated rings. The Morgan fingerprint density at radius 2 is 1.55 bits per heavy atom. The fourth-order valence-corrected chi connectivity index (χ4v) is 3.78. The Kier molecular flexibility index (Phi) is 5.74. The van der Waals surface area contributed by atoms with E-state index < -0.39 is 0 Å². The molecule has 1 unspecified atom stereocenters. The highest BCUT2D eigenvalue weighted by Gasteiger charge is 2.17. The molecule has 0 heterocycles. The number of halogens is 3. The van der Waals surface area contributed by atoms with Crippen LogP contribution in [0.2, 0.25) is 0 Å². The van der Waals surface area contributed by atoms with Crippen molar-refractivity contribution in [2.75, 3.05) is 14.2 Å². The molecule has 106 valence electrons. The van der Waals surface area contributed by atoms with E-state index in [9.17, 15) is 0 Å². The van der Waals surface area contributed by atoms with Gasteiger partial charge in [0.2, 0.25) is 0 Å². The lowest BCUT2D eigenvalue weighted by atomic mass is 10.0. The molecular formula is C15H13Br2IO2. The predicted octanol–water partition coefficient (Wildman–Crippen LogP) is 5.56.